The summed E-state index contributed by atoms with van der Waals surface area (Å²) in [6.45, 7) is 13.8. The molecule has 0 fully saturated rings. The summed E-state index contributed by atoms with van der Waals surface area (Å²) in [5.74, 6) is 0.475. The third kappa shape index (κ3) is 4.05. The van der Waals surface area contributed by atoms with Gasteiger partial charge in [-0.1, -0.05) is 71.1 Å². The Bertz CT molecular complexity index is 428. The Morgan fingerprint density at radius 3 is 2.15 bits per heavy atom. The highest BCUT2D eigenvalue weighted by atomic mass is 28.3. The fraction of sp³-hybridized carbons (Fsp3) is 0.611. The van der Waals surface area contributed by atoms with E-state index in [0.717, 1.165) is 12.8 Å². The van der Waals surface area contributed by atoms with Gasteiger partial charge in [-0.3, -0.25) is 4.79 Å². The largest absolute Gasteiger partial charge is 0.300 e. The second-order valence-electron chi connectivity index (χ2n) is 7.38. The Labute approximate surface area is 125 Å². The van der Waals surface area contributed by atoms with Crippen molar-refractivity contribution in [2.45, 2.75) is 70.6 Å². The maximum Gasteiger partial charge on any atom is 0.133 e. The van der Waals surface area contributed by atoms with Gasteiger partial charge in [-0.25, -0.2) is 0 Å². The molecule has 0 radical (unpaired) electrons. The van der Waals surface area contributed by atoms with Crippen LogP contribution in [0, 0.1) is 0 Å². The lowest BCUT2D eigenvalue weighted by Crippen LogP contribution is -2.45. The second kappa shape index (κ2) is 6.71. The second-order valence-corrected chi connectivity index (χ2v) is 13.0. The molecule has 2 heteroatoms. The van der Waals surface area contributed by atoms with E-state index in [-0.39, 0.29) is 10.6 Å². The summed E-state index contributed by atoms with van der Waals surface area (Å²) in [4.78, 5) is 12.7. The Morgan fingerprint density at radius 1 is 1.15 bits per heavy atom. The van der Waals surface area contributed by atoms with E-state index in [4.69, 9.17) is 0 Å². The molecule has 0 aromatic heterocycles. The van der Waals surface area contributed by atoms with Gasteiger partial charge in [-0.15, -0.1) is 0 Å². The van der Waals surface area contributed by atoms with Gasteiger partial charge in [0.15, 0.2) is 0 Å². The lowest BCUT2D eigenvalue weighted by Gasteiger charge is -2.42. The molecule has 1 atom stereocenters. The van der Waals surface area contributed by atoms with E-state index in [1.54, 1.807) is 0 Å². The summed E-state index contributed by atoms with van der Waals surface area (Å²) in [5.41, 5.74) is 1.55. The van der Waals surface area contributed by atoms with Crippen molar-refractivity contribution in [3.05, 3.63) is 35.9 Å². The Balaban J connectivity index is 2.73. The van der Waals surface area contributed by atoms with Crippen LogP contribution in [-0.2, 0) is 11.2 Å². The van der Waals surface area contributed by atoms with Crippen LogP contribution in [0.1, 0.15) is 46.1 Å². The standard InChI is InChI=1S/C18H30OSi/c1-7-17(20(5,6)18(2,3)4)16(19)14-13-15-11-9-8-10-12-15/h8-12,17H,7,13-14H2,1-6H3/t17-/m0/s1. The van der Waals surface area contributed by atoms with Gasteiger partial charge < -0.3 is 0 Å². The third-order valence-electron chi connectivity index (χ3n) is 5.10. The van der Waals surface area contributed by atoms with Gasteiger partial charge in [0.2, 0.25) is 0 Å². The normalized spacial score (nSPS) is 14.1. The molecule has 0 heterocycles. The molecule has 0 unspecified atom stereocenters. The number of ketones is 1. The first kappa shape index (κ1) is 17.2. The zero-order valence-electron chi connectivity index (χ0n) is 14.0. The van der Waals surface area contributed by atoms with Crippen molar-refractivity contribution in [2.24, 2.45) is 0 Å². The van der Waals surface area contributed by atoms with Crippen molar-refractivity contribution in [1.29, 1.82) is 0 Å². The highest BCUT2D eigenvalue weighted by Crippen LogP contribution is 2.45. The predicted octanol–water partition coefficient (Wildman–Crippen LogP) is 5.48. The minimum atomic E-state index is -1.59. The van der Waals surface area contributed by atoms with Crippen LogP contribution >= 0.6 is 0 Å². The van der Waals surface area contributed by atoms with Crippen LogP contribution in [-0.4, -0.2) is 13.9 Å². The molecule has 0 saturated heterocycles. The van der Waals surface area contributed by atoms with Crippen LogP contribution in [0.4, 0.5) is 0 Å². The first-order chi connectivity index (χ1) is 9.20. The van der Waals surface area contributed by atoms with E-state index in [1.807, 2.05) is 18.2 Å². The number of carbonyl (C=O) groups is 1. The molecule has 0 aliphatic carbocycles. The molecular formula is C18H30OSi. The topological polar surface area (TPSA) is 17.1 Å². The highest BCUT2D eigenvalue weighted by Gasteiger charge is 2.43. The van der Waals surface area contributed by atoms with E-state index < -0.39 is 8.07 Å². The monoisotopic (exact) mass is 290 g/mol. The molecule has 0 spiro atoms. The lowest BCUT2D eigenvalue weighted by atomic mass is 10.1. The van der Waals surface area contributed by atoms with Gasteiger partial charge in [0.25, 0.3) is 0 Å². The van der Waals surface area contributed by atoms with Crippen LogP contribution in [0.5, 0.6) is 0 Å². The third-order valence-corrected chi connectivity index (χ3v) is 11.4. The summed E-state index contributed by atoms with van der Waals surface area (Å²) in [6, 6.07) is 10.3. The van der Waals surface area contributed by atoms with Gasteiger partial charge in [0.05, 0.1) is 8.07 Å². The van der Waals surface area contributed by atoms with Crippen molar-refractivity contribution in [2.75, 3.05) is 0 Å². The molecule has 0 bridgehead atoms. The van der Waals surface area contributed by atoms with E-state index in [1.165, 1.54) is 5.56 Å². The van der Waals surface area contributed by atoms with E-state index >= 15 is 0 Å². The number of hydrogen-bond acceptors (Lipinski definition) is 1. The number of rotatable bonds is 6. The van der Waals surface area contributed by atoms with Gasteiger partial charge in [-0.05, 0) is 23.4 Å². The average Bonchev–Trinajstić information content (AvgIpc) is 2.37. The van der Waals surface area contributed by atoms with Crippen molar-refractivity contribution in [3.63, 3.8) is 0 Å². The van der Waals surface area contributed by atoms with Crippen molar-refractivity contribution < 1.29 is 4.79 Å². The van der Waals surface area contributed by atoms with Gasteiger partial charge >= 0.3 is 0 Å². The predicted molar refractivity (Wildman–Crippen MR) is 91.0 cm³/mol. The zero-order chi connectivity index (χ0) is 15.4. The van der Waals surface area contributed by atoms with Gasteiger partial charge in [0, 0.05) is 12.0 Å². The number of aryl methyl sites for hydroxylation is 1. The number of benzene rings is 1. The number of Topliss-reactive ketones (excluding diaryl/α,β-unsaturated/α-hetero) is 1. The molecular weight excluding hydrogens is 260 g/mol. The molecule has 0 aliphatic rings. The smallest absolute Gasteiger partial charge is 0.133 e. The molecule has 0 aliphatic heterocycles. The molecule has 112 valence electrons. The summed E-state index contributed by atoms with van der Waals surface area (Å²) >= 11 is 0. The van der Waals surface area contributed by atoms with Crippen molar-refractivity contribution in [3.8, 4) is 0 Å². The summed E-state index contributed by atoms with van der Waals surface area (Å²) in [6.07, 6.45) is 2.56. The van der Waals surface area contributed by atoms with Gasteiger partial charge in [-0.2, -0.15) is 0 Å². The first-order valence-electron chi connectivity index (χ1n) is 7.76. The van der Waals surface area contributed by atoms with Crippen LogP contribution in [0.15, 0.2) is 30.3 Å². The Kier molecular flexibility index (Phi) is 5.75. The van der Waals surface area contributed by atoms with Gasteiger partial charge in [0.1, 0.15) is 5.78 Å². The van der Waals surface area contributed by atoms with Crippen molar-refractivity contribution >= 4 is 13.9 Å². The minimum absolute atomic E-state index is 0.274. The average molecular weight is 291 g/mol. The van der Waals surface area contributed by atoms with Crippen LogP contribution in [0.25, 0.3) is 0 Å². The maximum atomic E-state index is 12.7. The fourth-order valence-electron chi connectivity index (χ4n) is 2.75. The molecule has 1 aromatic rings. The zero-order valence-corrected chi connectivity index (χ0v) is 15.0. The number of hydrogen-bond donors (Lipinski definition) is 0. The lowest BCUT2D eigenvalue weighted by molar-refractivity contribution is -0.119. The molecule has 1 nitrogen and oxygen atoms in total. The highest BCUT2D eigenvalue weighted by molar-refractivity contribution is 6.84. The Morgan fingerprint density at radius 2 is 1.70 bits per heavy atom. The minimum Gasteiger partial charge on any atom is -0.300 e. The van der Waals surface area contributed by atoms with E-state index in [2.05, 4.69) is 52.9 Å². The van der Waals surface area contributed by atoms with Crippen molar-refractivity contribution in [1.82, 2.24) is 0 Å². The molecule has 0 amide bonds. The molecule has 1 aromatic carbocycles. The molecule has 20 heavy (non-hydrogen) atoms. The maximum absolute atomic E-state index is 12.7. The molecule has 0 N–H and O–H groups in total. The SMILES string of the molecule is CC[C@@H](C(=O)CCc1ccccc1)[Si](C)(C)C(C)(C)C. The molecule has 1 rings (SSSR count). The van der Waals surface area contributed by atoms with Crippen LogP contribution in [0.2, 0.25) is 23.7 Å². The van der Waals surface area contributed by atoms with E-state index in [0.29, 0.717) is 12.2 Å². The summed E-state index contributed by atoms with van der Waals surface area (Å²) in [7, 11) is -1.59. The quantitative estimate of drug-likeness (QED) is 0.634. The Hall–Kier alpha value is -0.893. The van der Waals surface area contributed by atoms with E-state index in [9.17, 15) is 4.79 Å². The number of carbonyl (C=O) groups excluding carboxylic acids is 1. The first-order valence-corrected chi connectivity index (χ1v) is 10.8. The summed E-state index contributed by atoms with van der Waals surface area (Å²) in [5, 5.41) is 0.274. The van der Waals surface area contributed by atoms with Crippen LogP contribution in [0.3, 0.4) is 0 Å². The summed E-state index contributed by atoms with van der Waals surface area (Å²) < 4.78 is 0. The van der Waals surface area contributed by atoms with Crippen LogP contribution < -0.4 is 0 Å². The molecule has 0 saturated carbocycles. The fourth-order valence-corrected chi connectivity index (χ4v) is 5.76.